The lowest BCUT2D eigenvalue weighted by Gasteiger charge is -2.12. The maximum Gasteiger partial charge on any atom is 0.262 e. The van der Waals surface area contributed by atoms with Crippen LogP contribution in [0.5, 0.6) is 0 Å². The quantitative estimate of drug-likeness (QED) is 0.703. The summed E-state index contributed by atoms with van der Waals surface area (Å²) in [6.45, 7) is 4.36. The Morgan fingerprint density at radius 1 is 1.38 bits per heavy atom. The number of carbonyl (C=O) groups is 1. The summed E-state index contributed by atoms with van der Waals surface area (Å²) in [7, 11) is 0. The van der Waals surface area contributed by atoms with E-state index in [1.54, 1.807) is 4.40 Å². The molecule has 0 radical (unpaired) electrons. The van der Waals surface area contributed by atoms with Gasteiger partial charge in [-0.3, -0.25) is 18.6 Å². The van der Waals surface area contributed by atoms with Gasteiger partial charge in [0.05, 0.1) is 16.7 Å². The van der Waals surface area contributed by atoms with E-state index in [2.05, 4.69) is 10.2 Å². The zero-order valence-corrected chi connectivity index (χ0v) is 14.0. The summed E-state index contributed by atoms with van der Waals surface area (Å²) in [6.07, 6.45) is 0. The summed E-state index contributed by atoms with van der Waals surface area (Å²) in [6, 6.07) is 3.99. The Labute approximate surface area is 140 Å². The molecular formula is C15H16FN5O2S. The number of primary amides is 1. The van der Waals surface area contributed by atoms with Crippen LogP contribution in [0.1, 0.15) is 13.8 Å². The molecule has 0 unspecified atom stereocenters. The van der Waals surface area contributed by atoms with Crippen LogP contribution in [-0.4, -0.2) is 30.8 Å². The fraction of sp³-hybridized carbons (Fsp3) is 0.333. The zero-order valence-electron chi connectivity index (χ0n) is 13.2. The average Bonchev–Trinajstić information content (AvgIpc) is 2.93. The molecule has 0 atom stereocenters. The monoisotopic (exact) mass is 349 g/mol. The highest BCUT2D eigenvalue weighted by Gasteiger charge is 2.18. The number of thioether (sulfide) groups is 1. The summed E-state index contributed by atoms with van der Waals surface area (Å²) in [4.78, 5) is 23.8. The second-order valence-electron chi connectivity index (χ2n) is 5.84. The summed E-state index contributed by atoms with van der Waals surface area (Å²) in [5, 5.41) is 8.82. The molecule has 0 aliphatic rings. The Morgan fingerprint density at radius 3 is 2.79 bits per heavy atom. The Morgan fingerprint density at radius 2 is 2.12 bits per heavy atom. The van der Waals surface area contributed by atoms with Crippen molar-refractivity contribution in [2.45, 2.75) is 25.5 Å². The lowest BCUT2D eigenvalue weighted by Crippen LogP contribution is -2.25. The molecule has 7 nitrogen and oxygen atoms in total. The van der Waals surface area contributed by atoms with Crippen LogP contribution in [0.15, 0.2) is 28.2 Å². The fourth-order valence-corrected chi connectivity index (χ4v) is 3.20. The molecule has 3 aromatic rings. The first-order valence-corrected chi connectivity index (χ1v) is 8.35. The van der Waals surface area contributed by atoms with Gasteiger partial charge in [0.2, 0.25) is 11.7 Å². The number of hydrogen-bond donors (Lipinski definition) is 1. The molecule has 2 N–H and O–H groups in total. The molecule has 9 heteroatoms. The van der Waals surface area contributed by atoms with E-state index in [9.17, 15) is 14.0 Å². The minimum Gasteiger partial charge on any atom is -0.369 e. The molecule has 0 bridgehead atoms. The molecule has 2 aromatic heterocycles. The third-order valence-electron chi connectivity index (χ3n) is 3.42. The van der Waals surface area contributed by atoms with Crippen molar-refractivity contribution in [3.8, 4) is 0 Å². The first-order chi connectivity index (χ1) is 11.4. The van der Waals surface area contributed by atoms with Crippen molar-refractivity contribution >= 4 is 34.3 Å². The van der Waals surface area contributed by atoms with Crippen molar-refractivity contribution in [2.24, 2.45) is 11.7 Å². The highest BCUT2D eigenvalue weighted by Crippen LogP contribution is 2.22. The van der Waals surface area contributed by atoms with Gasteiger partial charge < -0.3 is 5.73 Å². The molecule has 0 fully saturated rings. The van der Waals surface area contributed by atoms with E-state index in [0.29, 0.717) is 23.0 Å². The molecule has 0 spiro atoms. The first kappa shape index (κ1) is 16.4. The number of benzene rings is 1. The summed E-state index contributed by atoms with van der Waals surface area (Å²) in [5.41, 5.74) is 5.36. The van der Waals surface area contributed by atoms with Crippen molar-refractivity contribution in [2.75, 3.05) is 5.75 Å². The van der Waals surface area contributed by atoms with Crippen molar-refractivity contribution in [1.29, 1.82) is 0 Å². The van der Waals surface area contributed by atoms with Crippen LogP contribution in [0.4, 0.5) is 4.39 Å². The van der Waals surface area contributed by atoms with E-state index < -0.39 is 11.7 Å². The SMILES string of the molecule is CC(C)Cn1c(=O)c2cc(F)ccc2n2c(SCC(N)=O)nnc12. The lowest BCUT2D eigenvalue weighted by molar-refractivity contribution is -0.115. The van der Waals surface area contributed by atoms with Crippen LogP contribution in [0.3, 0.4) is 0 Å². The Balaban J connectivity index is 2.35. The van der Waals surface area contributed by atoms with E-state index in [4.69, 9.17) is 5.73 Å². The molecule has 0 aliphatic carbocycles. The predicted molar refractivity (Wildman–Crippen MR) is 89.5 cm³/mol. The summed E-state index contributed by atoms with van der Waals surface area (Å²) in [5.74, 6) is -0.389. The maximum atomic E-state index is 13.6. The Kier molecular flexibility index (Phi) is 4.27. The van der Waals surface area contributed by atoms with Gasteiger partial charge in [-0.1, -0.05) is 25.6 Å². The van der Waals surface area contributed by atoms with Gasteiger partial charge >= 0.3 is 0 Å². The van der Waals surface area contributed by atoms with Gasteiger partial charge in [-0.2, -0.15) is 0 Å². The number of carbonyl (C=O) groups excluding carboxylic acids is 1. The largest absolute Gasteiger partial charge is 0.369 e. The molecule has 1 amide bonds. The highest BCUT2D eigenvalue weighted by molar-refractivity contribution is 7.99. The highest BCUT2D eigenvalue weighted by atomic mass is 32.2. The molecule has 2 heterocycles. The number of fused-ring (bicyclic) bond motifs is 3. The normalized spacial score (nSPS) is 11.7. The number of rotatable bonds is 5. The van der Waals surface area contributed by atoms with Crippen LogP contribution in [0, 0.1) is 11.7 Å². The van der Waals surface area contributed by atoms with E-state index in [1.807, 2.05) is 13.8 Å². The van der Waals surface area contributed by atoms with Crippen LogP contribution in [0.25, 0.3) is 16.7 Å². The van der Waals surface area contributed by atoms with Crippen molar-refractivity contribution in [3.05, 3.63) is 34.4 Å². The number of hydrogen-bond acceptors (Lipinski definition) is 5. The van der Waals surface area contributed by atoms with Gasteiger partial charge in [-0.05, 0) is 24.1 Å². The molecule has 0 saturated carbocycles. The topological polar surface area (TPSA) is 95.3 Å². The first-order valence-electron chi connectivity index (χ1n) is 7.36. The standard InChI is InChI=1S/C15H16FN5O2S/c1-8(2)6-20-13(23)10-5-9(16)3-4-11(10)21-14(20)18-19-15(21)24-7-12(17)22/h3-5,8H,6-7H2,1-2H3,(H2,17,22). The van der Waals surface area contributed by atoms with Crippen molar-refractivity contribution in [1.82, 2.24) is 19.2 Å². The van der Waals surface area contributed by atoms with Gasteiger partial charge in [0.15, 0.2) is 5.16 Å². The van der Waals surface area contributed by atoms with E-state index in [-0.39, 0.29) is 22.6 Å². The van der Waals surface area contributed by atoms with E-state index in [0.717, 1.165) is 11.8 Å². The summed E-state index contributed by atoms with van der Waals surface area (Å²) < 4.78 is 16.8. The molecule has 1 aromatic carbocycles. The van der Waals surface area contributed by atoms with E-state index in [1.165, 1.54) is 22.8 Å². The van der Waals surface area contributed by atoms with Gasteiger partial charge in [-0.25, -0.2) is 4.39 Å². The van der Waals surface area contributed by atoms with E-state index >= 15 is 0 Å². The lowest BCUT2D eigenvalue weighted by atomic mass is 10.2. The molecule has 0 aliphatic heterocycles. The Hall–Kier alpha value is -2.42. The van der Waals surface area contributed by atoms with Crippen molar-refractivity contribution in [3.63, 3.8) is 0 Å². The molecule has 126 valence electrons. The Bertz CT molecular complexity index is 995. The van der Waals surface area contributed by atoms with Gasteiger partial charge in [0.1, 0.15) is 5.82 Å². The van der Waals surface area contributed by atoms with Crippen LogP contribution in [-0.2, 0) is 11.3 Å². The van der Waals surface area contributed by atoms with Gasteiger partial charge in [-0.15, -0.1) is 10.2 Å². The van der Waals surface area contributed by atoms with Crippen LogP contribution < -0.4 is 11.3 Å². The third-order valence-corrected chi connectivity index (χ3v) is 4.38. The number of halogens is 1. The molecule has 0 saturated heterocycles. The third kappa shape index (κ3) is 2.86. The molecule has 3 rings (SSSR count). The summed E-state index contributed by atoms with van der Waals surface area (Å²) >= 11 is 1.12. The number of aromatic nitrogens is 4. The molecule has 24 heavy (non-hydrogen) atoms. The zero-order chi connectivity index (χ0) is 17.4. The predicted octanol–water partition coefficient (Wildman–Crippen LogP) is 1.42. The van der Waals surface area contributed by atoms with Crippen molar-refractivity contribution < 1.29 is 9.18 Å². The minimum absolute atomic E-state index is 0.0345. The number of nitrogens with zero attached hydrogens (tertiary/aromatic N) is 4. The number of nitrogens with two attached hydrogens (primary N) is 1. The average molecular weight is 349 g/mol. The van der Waals surface area contributed by atoms with Gasteiger partial charge in [0.25, 0.3) is 5.56 Å². The minimum atomic E-state index is -0.491. The van der Waals surface area contributed by atoms with Crippen LogP contribution >= 0.6 is 11.8 Å². The fourth-order valence-electron chi connectivity index (χ4n) is 2.52. The second kappa shape index (κ2) is 6.23. The van der Waals surface area contributed by atoms with Gasteiger partial charge in [0, 0.05) is 6.54 Å². The number of amides is 1. The smallest absolute Gasteiger partial charge is 0.262 e. The molecular weight excluding hydrogens is 333 g/mol. The maximum absolute atomic E-state index is 13.6. The van der Waals surface area contributed by atoms with Crippen LogP contribution in [0.2, 0.25) is 0 Å². The second-order valence-corrected chi connectivity index (χ2v) is 6.79.